The summed E-state index contributed by atoms with van der Waals surface area (Å²) in [7, 11) is 0. The topological polar surface area (TPSA) is 70.7 Å². The van der Waals surface area contributed by atoms with Gasteiger partial charge in [0.1, 0.15) is 11.6 Å². The highest BCUT2D eigenvalue weighted by Crippen LogP contribution is 2.26. The van der Waals surface area contributed by atoms with Gasteiger partial charge in [0.25, 0.3) is 0 Å². The van der Waals surface area contributed by atoms with E-state index in [-0.39, 0.29) is 17.0 Å². The Balaban J connectivity index is 1.34. The fraction of sp³-hybridized carbons (Fsp3) is 0.227. The number of aryl methyl sites for hydroxylation is 2. The van der Waals surface area contributed by atoms with Crippen molar-refractivity contribution in [3.63, 3.8) is 0 Å². The number of thioether (sulfide) groups is 1. The van der Waals surface area contributed by atoms with E-state index < -0.39 is 0 Å². The summed E-state index contributed by atoms with van der Waals surface area (Å²) in [6.07, 6.45) is 6.97. The Bertz CT molecular complexity index is 1050. The number of rotatable bonds is 6. The van der Waals surface area contributed by atoms with Gasteiger partial charge in [-0.3, -0.25) is 9.89 Å². The first-order valence-electron chi connectivity index (χ1n) is 9.52. The second-order valence-electron chi connectivity index (χ2n) is 6.97. The molecule has 1 amide bonds. The fourth-order valence-electron chi connectivity index (χ4n) is 3.24. The van der Waals surface area contributed by atoms with E-state index in [1.165, 1.54) is 41.4 Å². The minimum absolute atomic E-state index is 0.0823. The molecule has 1 heterocycles. The van der Waals surface area contributed by atoms with Crippen molar-refractivity contribution in [2.45, 2.75) is 36.6 Å². The van der Waals surface area contributed by atoms with Gasteiger partial charge in [0.05, 0.1) is 5.25 Å². The van der Waals surface area contributed by atoms with E-state index in [1.807, 2.05) is 19.1 Å². The summed E-state index contributed by atoms with van der Waals surface area (Å²) in [4.78, 5) is 16.9. The Labute approximate surface area is 172 Å². The molecule has 5 nitrogen and oxygen atoms in total. The van der Waals surface area contributed by atoms with E-state index in [9.17, 15) is 9.18 Å². The van der Waals surface area contributed by atoms with Crippen molar-refractivity contribution < 1.29 is 9.18 Å². The van der Waals surface area contributed by atoms with Crippen molar-refractivity contribution in [3.05, 3.63) is 70.8 Å². The molecule has 1 aliphatic rings. The lowest BCUT2D eigenvalue weighted by molar-refractivity contribution is -0.115. The molecule has 29 heavy (non-hydrogen) atoms. The zero-order valence-electron chi connectivity index (χ0n) is 16.0. The van der Waals surface area contributed by atoms with Crippen LogP contribution in [-0.4, -0.2) is 26.3 Å². The van der Waals surface area contributed by atoms with Crippen LogP contribution in [0.1, 0.15) is 35.9 Å². The van der Waals surface area contributed by atoms with Gasteiger partial charge in [0.15, 0.2) is 0 Å². The highest BCUT2D eigenvalue weighted by atomic mass is 32.2. The number of amides is 1. The number of hydrogen-bond donors (Lipinski definition) is 2. The number of aromatic nitrogens is 3. The number of anilines is 1. The lowest BCUT2D eigenvalue weighted by Crippen LogP contribution is -2.22. The number of benzene rings is 2. The molecule has 2 aromatic carbocycles. The molecule has 2 N–H and O–H groups in total. The summed E-state index contributed by atoms with van der Waals surface area (Å²) in [5.41, 5.74) is 4.40. The van der Waals surface area contributed by atoms with Gasteiger partial charge >= 0.3 is 0 Å². The molecule has 0 saturated carbocycles. The average molecular weight is 409 g/mol. The van der Waals surface area contributed by atoms with E-state index in [0.717, 1.165) is 24.1 Å². The SMILES string of the molecule is CC(Sc1n[nH]c(/C=C/c2ccc(F)cc2)n1)C(=O)Nc1ccc2c(c1)CCC2. The number of carbonyl (C=O) groups is 1. The van der Waals surface area contributed by atoms with E-state index in [4.69, 9.17) is 0 Å². The highest BCUT2D eigenvalue weighted by molar-refractivity contribution is 8.00. The molecule has 1 atom stereocenters. The number of halogens is 1. The monoisotopic (exact) mass is 408 g/mol. The van der Waals surface area contributed by atoms with Gasteiger partial charge in [-0.25, -0.2) is 9.37 Å². The van der Waals surface area contributed by atoms with Crippen molar-refractivity contribution in [3.8, 4) is 0 Å². The van der Waals surface area contributed by atoms with Gasteiger partial charge < -0.3 is 5.32 Å². The molecule has 0 saturated heterocycles. The zero-order valence-corrected chi connectivity index (χ0v) is 16.8. The van der Waals surface area contributed by atoms with Crippen LogP contribution < -0.4 is 5.32 Å². The van der Waals surface area contributed by atoms with Gasteiger partial charge in [-0.15, -0.1) is 5.10 Å². The van der Waals surface area contributed by atoms with Gasteiger partial charge in [0, 0.05) is 5.69 Å². The van der Waals surface area contributed by atoms with E-state index >= 15 is 0 Å². The molecule has 7 heteroatoms. The van der Waals surface area contributed by atoms with Crippen LogP contribution in [0.3, 0.4) is 0 Å². The second-order valence-corrected chi connectivity index (χ2v) is 8.28. The Morgan fingerprint density at radius 1 is 1.17 bits per heavy atom. The number of hydrogen-bond acceptors (Lipinski definition) is 4. The highest BCUT2D eigenvalue weighted by Gasteiger charge is 2.18. The zero-order chi connectivity index (χ0) is 20.2. The van der Waals surface area contributed by atoms with Crippen LogP contribution in [0.25, 0.3) is 12.2 Å². The molecule has 4 rings (SSSR count). The van der Waals surface area contributed by atoms with Crippen LogP contribution in [0.15, 0.2) is 47.6 Å². The number of aromatic amines is 1. The predicted octanol–water partition coefficient (Wildman–Crippen LogP) is 4.72. The van der Waals surface area contributed by atoms with E-state index in [1.54, 1.807) is 18.2 Å². The van der Waals surface area contributed by atoms with Crippen molar-refractivity contribution in [1.29, 1.82) is 0 Å². The van der Waals surface area contributed by atoms with Crippen LogP contribution in [0, 0.1) is 5.82 Å². The quantitative estimate of drug-likeness (QED) is 0.579. The third-order valence-corrected chi connectivity index (χ3v) is 5.76. The Hall–Kier alpha value is -2.93. The molecule has 1 unspecified atom stereocenters. The summed E-state index contributed by atoms with van der Waals surface area (Å²) in [5.74, 6) is 0.219. The predicted molar refractivity (Wildman–Crippen MR) is 114 cm³/mol. The largest absolute Gasteiger partial charge is 0.325 e. The smallest absolute Gasteiger partial charge is 0.237 e. The number of nitrogens with one attached hydrogen (secondary N) is 2. The number of fused-ring (bicyclic) bond motifs is 1. The van der Waals surface area contributed by atoms with Gasteiger partial charge in [-0.1, -0.05) is 36.0 Å². The summed E-state index contributed by atoms with van der Waals surface area (Å²) < 4.78 is 12.9. The average Bonchev–Trinajstić information content (AvgIpc) is 3.36. The van der Waals surface area contributed by atoms with Gasteiger partial charge in [-0.05, 0) is 73.2 Å². The minimum Gasteiger partial charge on any atom is -0.325 e. The minimum atomic E-state index is -0.340. The van der Waals surface area contributed by atoms with Crippen molar-refractivity contribution >= 4 is 35.5 Å². The molecule has 3 aromatic rings. The first-order chi connectivity index (χ1) is 14.1. The summed E-state index contributed by atoms with van der Waals surface area (Å²) in [5, 5.41) is 10.1. The molecule has 148 valence electrons. The number of carbonyl (C=O) groups excluding carboxylic acids is 1. The standard InChI is InChI=1S/C22H21FN4OS/c1-14(21(28)24-19-11-8-16-3-2-4-17(16)13-19)29-22-25-20(26-27-22)12-7-15-5-9-18(23)10-6-15/h5-14H,2-4H2,1H3,(H,24,28)(H,25,26,27)/b12-7+. The van der Waals surface area contributed by atoms with Crippen LogP contribution >= 0.6 is 11.8 Å². The maximum Gasteiger partial charge on any atom is 0.237 e. The first-order valence-corrected chi connectivity index (χ1v) is 10.4. The normalized spacial score (nSPS) is 14.1. The third kappa shape index (κ3) is 4.92. The van der Waals surface area contributed by atoms with Crippen molar-refractivity contribution in [1.82, 2.24) is 15.2 Å². The fourth-order valence-corrected chi connectivity index (χ4v) is 3.97. The summed E-state index contributed by atoms with van der Waals surface area (Å²) >= 11 is 1.29. The number of H-pyrrole nitrogens is 1. The van der Waals surface area contributed by atoms with E-state index in [2.05, 4.69) is 32.6 Å². The Morgan fingerprint density at radius 3 is 2.79 bits per heavy atom. The number of nitrogens with zero attached hydrogens (tertiary/aromatic N) is 2. The second kappa shape index (κ2) is 8.61. The van der Waals surface area contributed by atoms with Crippen LogP contribution in [0.2, 0.25) is 0 Å². The molecule has 1 aromatic heterocycles. The third-order valence-electron chi connectivity index (χ3n) is 4.80. The molecule has 0 aliphatic heterocycles. The molecule has 1 aliphatic carbocycles. The first kappa shape index (κ1) is 19.4. The Kier molecular flexibility index (Phi) is 5.76. The van der Waals surface area contributed by atoms with Gasteiger partial charge in [-0.2, -0.15) is 0 Å². The lowest BCUT2D eigenvalue weighted by Gasteiger charge is -2.11. The van der Waals surface area contributed by atoms with Crippen molar-refractivity contribution in [2.75, 3.05) is 5.32 Å². The van der Waals surface area contributed by atoms with Gasteiger partial charge in [0.2, 0.25) is 11.1 Å². The molecule has 0 bridgehead atoms. The maximum absolute atomic E-state index is 12.9. The molecular formula is C22H21FN4OS. The molecular weight excluding hydrogens is 387 g/mol. The molecule has 0 spiro atoms. The van der Waals surface area contributed by atoms with Crippen molar-refractivity contribution in [2.24, 2.45) is 0 Å². The maximum atomic E-state index is 12.9. The van der Waals surface area contributed by atoms with Crippen LogP contribution in [-0.2, 0) is 17.6 Å². The summed E-state index contributed by atoms with van der Waals surface area (Å²) in [6, 6.07) is 12.3. The van der Waals surface area contributed by atoms with E-state index in [0.29, 0.717) is 11.0 Å². The summed E-state index contributed by atoms with van der Waals surface area (Å²) in [6.45, 7) is 1.83. The molecule has 0 radical (unpaired) electrons. The Morgan fingerprint density at radius 2 is 1.97 bits per heavy atom. The molecule has 0 fully saturated rings. The lowest BCUT2D eigenvalue weighted by atomic mass is 10.1. The van der Waals surface area contributed by atoms with Crippen LogP contribution in [0.4, 0.5) is 10.1 Å². The van der Waals surface area contributed by atoms with Crippen LogP contribution in [0.5, 0.6) is 0 Å².